The number of nitrogens with zero attached hydrogens (tertiary/aromatic N) is 5. The number of halogens is 3. The number of nitrogens with one attached hydrogen (secondary N) is 2. The molecule has 1 fully saturated rings. The zero-order valence-electron chi connectivity index (χ0n) is 16.5. The Balaban J connectivity index is 0.00000300. The lowest BCUT2D eigenvalue weighted by molar-refractivity contribution is 0.575. The van der Waals surface area contributed by atoms with Crippen LogP contribution in [-0.2, 0) is 6.54 Å². The fraction of sp³-hybridized carbons (Fsp3) is 0.526. The minimum absolute atomic E-state index is 0. The molecule has 1 atom stereocenters. The Morgan fingerprint density at radius 2 is 1.93 bits per heavy atom. The van der Waals surface area contributed by atoms with Gasteiger partial charge in [0.1, 0.15) is 30.0 Å². The van der Waals surface area contributed by atoms with E-state index in [-0.39, 0.29) is 35.7 Å². The maximum absolute atomic E-state index is 14.0. The summed E-state index contributed by atoms with van der Waals surface area (Å²) in [7, 11) is 0. The molecule has 2 heterocycles. The highest BCUT2D eigenvalue weighted by Crippen LogP contribution is 2.26. The monoisotopic (exact) mass is 519 g/mol. The third kappa shape index (κ3) is 6.79. The fourth-order valence-electron chi connectivity index (χ4n) is 3.32. The molecule has 0 amide bonds. The Morgan fingerprint density at radius 3 is 2.62 bits per heavy atom. The van der Waals surface area contributed by atoms with Crippen molar-refractivity contribution in [3.8, 4) is 0 Å². The predicted molar refractivity (Wildman–Crippen MR) is 121 cm³/mol. The molecule has 10 heteroatoms. The van der Waals surface area contributed by atoms with Crippen molar-refractivity contribution in [3.63, 3.8) is 0 Å². The van der Waals surface area contributed by atoms with Crippen LogP contribution in [0.3, 0.4) is 0 Å². The number of aromatic nitrogens is 3. The molecule has 0 aliphatic carbocycles. The summed E-state index contributed by atoms with van der Waals surface area (Å²) in [4.78, 5) is 6.37. The smallest absolute Gasteiger partial charge is 0.191 e. The Hall–Kier alpha value is -1.98. The number of benzene rings is 1. The van der Waals surface area contributed by atoms with E-state index in [1.165, 1.54) is 18.2 Å². The van der Waals surface area contributed by atoms with Crippen LogP contribution in [0.2, 0.25) is 0 Å². The van der Waals surface area contributed by atoms with Crippen LogP contribution in [0.1, 0.15) is 26.2 Å². The van der Waals surface area contributed by atoms with Crippen molar-refractivity contribution >= 4 is 35.6 Å². The molecule has 3 rings (SSSR count). The van der Waals surface area contributed by atoms with E-state index in [4.69, 9.17) is 0 Å². The molecule has 1 aliphatic heterocycles. The summed E-state index contributed by atoms with van der Waals surface area (Å²) in [6.07, 6.45) is 6.15. The number of hydrogen-bond acceptors (Lipinski definition) is 4. The number of guanidine groups is 1. The summed E-state index contributed by atoms with van der Waals surface area (Å²) >= 11 is 0. The van der Waals surface area contributed by atoms with Gasteiger partial charge in [-0.05, 0) is 38.3 Å². The molecular weight excluding hydrogens is 491 g/mol. The molecule has 1 unspecified atom stereocenters. The van der Waals surface area contributed by atoms with E-state index in [9.17, 15) is 8.78 Å². The van der Waals surface area contributed by atoms with Crippen LogP contribution in [-0.4, -0.2) is 52.9 Å². The summed E-state index contributed by atoms with van der Waals surface area (Å²) in [5.74, 6) is -0.295. The molecule has 29 heavy (non-hydrogen) atoms. The third-order valence-electron chi connectivity index (χ3n) is 4.69. The zero-order chi connectivity index (χ0) is 19.8. The standard InChI is InChI=1S/C19H27F2N7.HI/c1-2-22-19(23-9-3-4-10-27-13-24-25-14-27)26-15-8-11-28(12-15)18-16(20)6-5-7-17(18)21;/h5-7,13-15H,2-4,8-12H2,1H3,(H2,22,23,26);1H. The van der Waals surface area contributed by atoms with Gasteiger partial charge in [0.15, 0.2) is 5.96 Å². The van der Waals surface area contributed by atoms with Crippen LogP contribution in [0.25, 0.3) is 0 Å². The van der Waals surface area contributed by atoms with Crippen LogP contribution >= 0.6 is 24.0 Å². The molecule has 1 aliphatic rings. The van der Waals surface area contributed by atoms with Crippen LogP contribution in [0.4, 0.5) is 14.5 Å². The van der Waals surface area contributed by atoms with Crippen molar-refractivity contribution in [3.05, 3.63) is 42.5 Å². The molecule has 0 radical (unpaired) electrons. The number of aryl methyl sites for hydroxylation is 1. The quantitative estimate of drug-likeness (QED) is 0.243. The second-order valence-corrected chi connectivity index (χ2v) is 6.81. The molecule has 7 nitrogen and oxygen atoms in total. The fourth-order valence-corrected chi connectivity index (χ4v) is 3.32. The molecule has 0 saturated carbocycles. The summed E-state index contributed by atoms with van der Waals surface area (Å²) in [5.41, 5.74) is 0.0581. The van der Waals surface area contributed by atoms with Gasteiger partial charge >= 0.3 is 0 Å². The summed E-state index contributed by atoms with van der Waals surface area (Å²) < 4.78 is 30.0. The highest BCUT2D eigenvalue weighted by molar-refractivity contribution is 14.0. The molecule has 1 aromatic heterocycles. The highest BCUT2D eigenvalue weighted by atomic mass is 127. The maximum atomic E-state index is 14.0. The number of aliphatic imine (C=N–C) groups is 1. The van der Waals surface area contributed by atoms with Crippen LogP contribution in [0, 0.1) is 11.6 Å². The van der Waals surface area contributed by atoms with Crippen molar-refractivity contribution in [2.75, 3.05) is 31.1 Å². The topological polar surface area (TPSA) is 70.4 Å². The lowest BCUT2D eigenvalue weighted by atomic mass is 10.2. The SMILES string of the molecule is CCNC(=NCCCCn1cnnc1)NC1CCN(c2c(F)cccc2F)C1.I. The van der Waals surface area contributed by atoms with Gasteiger partial charge in [0.2, 0.25) is 0 Å². The number of unbranched alkanes of at least 4 members (excludes halogenated alkanes) is 1. The zero-order valence-corrected chi connectivity index (χ0v) is 18.9. The van der Waals surface area contributed by atoms with E-state index in [1.807, 2.05) is 11.5 Å². The molecule has 1 aromatic carbocycles. The Labute approximate surface area is 187 Å². The average Bonchev–Trinajstić information content (AvgIpc) is 3.34. The lowest BCUT2D eigenvalue weighted by Crippen LogP contribution is -2.44. The van der Waals surface area contributed by atoms with Crippen molar-refractivity contribution in [2.24, 2.45) is 4.99 Å². The van der Waals surface area contributed by atoms with Crippen molar-refractivity contribution in [1.82, 2.24) is 25.4 Å². The van der Waals surface area contributed by atoms with E-state index in [1.54, 1.807) is 17.6 Å². The van der Waals surface area contributed by atoms with E-state index in [0.717, 1.165) is 38.3 Å². The van der Waals surface area contributed by atoms with Gasteiger partial charge in [0.05, 0.1) is 0 Å². The van der Waals surface area contributed by atoms with Gasteiger partial charge < -0.3 is 20.1 Å². The van der Waals surface area contributed by atoms with Gasteiger partial charge in [-0.15, -0.1) is 34.2 Å². The van der Waals surface area contributed by atoms with Crippen molar-refractivity contribution < 1.29 is 8.78 Å². The number of anilines is 1. The van der Waals surface area contributed by atoms with E-state index < -0.39 is 11.6 Å². The predicted octanol–water partition coefficient (Wildman–Crippen LogP) is 2.79. The molecular formula is C19H28F2IN7. The van der Waals surface area contributed by atoms with Crippen LogP contribution in [0.5, 0.6) is 0 Å². The molecule has 0 bridgehead atoms. The minimum Gasteiger partial charge on any atom is -0.365 e. The van der Waals surface area contributed by atoms with E-state index in [0.29, 0.717) is 19.6 Å². The maximum Gasteiger partial charge on any atom is 0.191 e. The average molecular weight is 519 g/mol. The first-order valence-electron chi connectivity index (χ1n) is 9.73. The third-order valence-corrected chi connectivity index (χ3v) is 4.69. The Kier molecular flexibility index (Phi) is 9.55. The highest BCUT2D eigenvalue weighted by Gasteiger charge is 2.27. The largest absolute Gasteiger partial charge is 0.365 e. The lowest BCUT2D eigenvalue weighted by Gasteiger charge is -2.21. The van der Waals surface area contributed by atoms with Gasteiger partial charge in [-0.1, -0.05) is 6.07 Å². The normalized spacial score (nSPS) is 16.6. The first-order chi connectivity index (χ1) is 13.7. The summed E-state index contributed by atoms with van der Waals surface area (Å²) in [6.45, 7) is 5.49. The molecule has 160 valence electrons. The first kappa shape index (κ1) is 23.3. The molecule has 1 saturated heterocycles. The van der Waals surface area contributed by atoms with Crippen molar-refractivity contribution in [2.45, 2.75) is 38.8 Å². The van der Waals surface area contributed by atoms with E-state index in [2.05, 4.69) is 25.8 Å². The number of hydrogen-bond donors (Lipinski definition) is 2. The Morgan fingerprint density at radius 1 is 1.21 bits per heavy atom. The van der Waals surface area contributed by atoms with Gasteiger partial charge in [0, 0.05) is 38.8 Å². The summed E-state index contributed by atoms with van der Waals surface area (Å²) in [6, 6.07) is 4.07. The number of rotatable bonds is 8. The first-order valence-corrected chi connectivity index (χ1v) is 9.73. The van der Waals surface area contributed by atoms with Crippen molar-refractivity contribution in [1.29, 1.82) is 0 Å². The molecule has 2 N–H and O–H groups in total. The number of para-hydroxylation sites is 1. The van der Waals surface area contributed by atoms with Gasteiger partial charge in [-0.3, -0.25) is 4.99 Å². The van der Waals surface area contributed by atoms with Gasteiger partial charge in [-0.25, -0.2) is 8.78 Å². The summed E-state index contributed by atoms with van der Waals surface area (Å²) in [5, 5.41) is 14.2. The molecule has 2 aromatic rings. The molecule has 0 spiro atoms. The minimum atomic E-state index is -0.519. The Bertz CT molecular complexity index is 750. The second-order valence-electron chi connectivity index (χ2n) is 6.81. The van der Waals surface area contributed by atoms with Crippen LogP contribution in [0.15, 0.2) is 35.8 Å². The van der Waals surface area contributed by atoms with Crippen LogP contribution < -0.4 is 15.5 Å². The van der Waals surface area contributed by atoms with Gasteiger partial charge in [-0.2, -0.15) is 0 Å². The van der Waals surface area contributed by atoms with Gasteiger partial charge in [0.25, 0.3) is 0 Å². The van der Waals surface area contributed by atoms with E-state index >= 15 is 0 Å². The second kappa shape index (κ2) is 11.9.